The quantitative estimate of drug-likeness (QED) is 0.732. The zero-order valence-corrected chi connectivity index (χ0v) is 15.3. The van der Waals surface area contributed by atoms with Crippen LogP contribution in [0, 0.1) is 40.4 Å². The van der Waals surface area contributed by atoms with Gasteiger partial charge in [-0.25, -0.2) is 9.18 Å². The van der Waals surface area contributed by atoms with Crippen molar-refractivity contribution in [1.29, 1.82) is 0 Å². The summed E-state index contributed by atoms with van der Waals surface area (Å²) in [5, 5.41) is 13.3. The van der Waals surface area contributed by atoms with E-state index < -0.39 is 5.97 Å². The van der Waals surface area contributed by atoms with Crippen molar-refractivity contribution in [2.45, 2.75) is 34.6 Å². The molecule has 1 N–H and O–H groups in total. The highest BCUT2D eigenvalue weighted by Crippen LogP contribution is 2.31. The minimum Gasteiger partial charge on any atom is -0.478 e. The van der Waals surface area contributed by atoms with Crippen LogP contribution in [0.25, 0.3) is 22.8 Å². The number of halogens is 1. The summed E-state index contributed by atoms with van der Waals surface area (Å²) in [5.74, 6) is -1.10. The van der Waals surface area contributed by atoms with E-state index in [1.54, 1.807) is 26.8 Å². The number of aryl methyl sites for hydroxylation is 3. The maximum absolute atomic E-state index is 14.7. The molecule has 0 atom stereocenters. The highest BCUT2D eigenvalue weighted by molar-refractivity contribution is 5.91. The molecule has 2 aromatic carbocycles. The van der Waals surface area contributed by atoms with E-state index in [2.05, 4.69) is 10.1 Å². The molecule has 0 aliphatic heterocycles. The van der Waals surface area contributed by atoms with Crippen molar-refractivity contribution < 1.29 is 18.8 Å². The lowest BCUT2D eigenvalue weighted by atomic mass is 9.99. The first kappa shape index (κ1) is 17.8. The molecule has 0 unspecified atom stereocenters. The van der Waals surface area contributed by atoms with Crippen LogP contribution in [-0.2, 0) is 0 Å². The van der Waals surface area contributed by atoms with Gasteiger partial charge in [-0.15, -0.1) is 0 Å². The van der Waals surface area contributed by atoms with E-state index in [9.17, 15) is 14.3 Å². The van der Waals surface area contributed by atoms with Gasteiger partial charge in [0.25, 0.3) is 5.89 Å². The minimum absolute atomic E-state index is 0.0770. The van der Waals surface area contributed by atoms with Crippen molar-refractivity contribution in [1.82, 2.24) is 10.1 Å². The fourth-order valence-electron chi connectivity index (χ4n) is 2.95. The molecule has 3 rings (SSSR count). The first-order chi connectivity index (χ1) is 12.2. The van der Waals surface area contributed by atoms with Crippen LogP contribution >= 0.6 is 0 Å². The fourth-order valence-corrected chi connectivity index (χ4v) is 2.95. The second-order valence-electron chi connectivity index (χ2n) is 6.52. The molecule has 1 aromatic heterocycles. The van der Waals surface area contributed by atoms with E-state index in [1.165, 1.54) is 6.07 Å². The number of carboxylic acid groups (broad SMARTS) is 1. The van der Waals surface area contributed by atoms with Crippen LogP contribution in [0.2, 0.25) is 0 Å². The van der Waals surface area contributed by atoms with Crippen LogP contribution in [-0.4, -0.2) is 21.2 Å². The third-order valence-corrected chi connectivity index (χ3v) is 4.76. The molecule has 1 heterocycles. The first-order valence-electron chi connectivity index (χ1n) is 8.16. The molecule has 134 valence electrons. The van der Waals surface area contributed by atoms with Gasteiger partial charge in [-0.2, -0.15) is 4.98 Å². The summed E-state index contributed by atoms with van der Waals surface area (Å²) < 4.78 is 20.0. The Balaban J connectivity index is 2.13. The van der Waals surface area contributed by atoms with Crippen molar-refractivity contribution in [3.8, 4) is 22.8 Å². The molecule has 3 aromatic rings. The molecule has 0 saturated heterocycles. The highest BCUT2D eigenvalue weighted by Gasteiger charge is 2.21. The lowest BCUT2D eigenvalue weighted by Crippen LogP contribution is -2.02. The summed E-state index contributed by atoms with van der Waals surface area (Å²) in [5.41, 5.74) is 4.54. The predicted molar refractivity (Wildman–Crippen MR) is 95.8 cm³/mol. The Morgan fingerprint density at radius 2 is 1.65 bits per heavy atom. The average molecular weight is 354 g/mol. The normalized spacial score (nSPS) is 11.0. The summed E-state index contributed by atoms with van der Waals surface area (Å²) >= 11 is 0. The number of carboxylic acids is 1. The second-order valence-corrected chi connectivity index (χ2v) is 6.52. The maximum Gasteiger partial charge on any atom is 0.335 e. The Morgan fingerprint density at radius 3 is 2.31 bits per heavy atom. The van der Waals surface area contributed by atoms with Crippen LogP contribution in [0.3, 0.4) is 0 Å². The Bertz CT molecular complexity index is 1040. The van der Waals surface area contributed by atoms with Crippen molar-refractivity contribution in [2.24, 2.45) is 0 Å². The van der Waals surface area contributed by atoms with Gasteiger partial charge >= 0.3 is 5.97 Å². The molecule has 0 bridgehead atoms. The van der Waals surface area contributed by atoms with E-state index in [0.29, 0.717) is 22.3 Å². The van der Waals surface area contributed by atoms with Crippen LogP contribution in [0.15, 0.2) is 22.7 Å². The third-order valence-electron chi connectivity index (χ3n) is 4.76. The lowest BCUT2D eigenvalue weighted by Gasteiger charge is -2.08. The summed E-state index contributed by atoms with van der Waals surface area (Å²) in [6.07, 6.45) is 0. The topological polar surface area (TPSA) is 76.2 Å². The molecule has 0 aliphatic rings. The summed E-state index contributed by atoms with van der Waals surface area (Å²) in [4.78, 5) is 15.7. The molecule has 0 fully saturated rings. The molecule has 0 saturated carbocycles. The molecule has 26 heavy (non-hydrogen) atoms. The van der Waals surface area contributed by atoms with E-state index in [-0.39, 0.29) is 28.7 Å². The van der Waals surface area contributed by atoms with Crippen molar-refractivity contribution in [3.05, 3.63) is 57.4 Å². The van der Waals surface area contributed by atoms with Crippen LogP contribution in [0.4, 0.5) is 4.39 Å². The molecule has 5 nitrogen and oxygen atoms in total. The van der Waals surface area contributed by atoms with Gasteiger partial charge in [0.2, 0.25) is 5.82 Å². The number of hydrogen-bond acceptors (Lipinski definition) is 4. The molecule has 0 aliphatic carbocycles. The molecular formula is C20H19FN2O3. The average Bonchev–Trinajstić information content (AvgIpc) is 3.04. The van der Waals surface area contributed by atoms with E-state index >= 15 is 0 Å². The van der Waals surface area contributed by atoms with Crippen molar-refractivity contribution in [3.63, 3.8) is 0 Å². The molecule has 0 spiro atoms. The van der Waals surface area contributed by atoms with Gasteiger partial charge in [0, 0.05) is 5.56 Å². The number of nitrogens with zero attached hydrogens (tertiary/aromatic N) is 2. The minimum atomic E-state index is -1.02. The number of aromatic nitrogens is 2. The zero-order valence-electron chi connectivity index (χ0n) is 15.3. The van der Waals surface area contributed by atoms with Gasteiger partial charge in [-0.05, 0) is 74.6 Å². The number of aromatic carboxylic acids is 1. The van der Waals surface area contributed by atoms with Crippen LogP contribution < -0.4 is 0 Å². The number of carbonyl (C=O) groups is 1. The monoisotopic (exact) mass is 354 g/mol. The molecule has 0 radical (unpaired) electrons. The molecular weight excluding hydrogens is 335 g/mol. The van der Waals surface area contributed by atoms with Crippen molar-refractivity contribution in [2.75, 3.05) is 0 Å². The largest absolute Gasteiger partial charge is 0.478 e. The first-order valence-corrected chi connectivity index (χ1v) is 8.16. The Hall–Kier alpha value is -3.02. The Kier molecular flexibility index (Phi) is 4.36. The van der Waals surface area contributed by atoms with E-state index in [1.807, 2.05) is 19.9 Å². The molecule has 6 heteroatoms. The van der Waals surface area contributed by atoms with Gasteiger partial charge in [0.05, 0.1) is 11.1 Å². The summed E-state index contributed by atoms with van der Waals surface area (Å²) in [7, 11) is 0. The zero-order chi connectivity index (χ0) is 19.2. The smallest absolute Gasteiger partial charge is 0.335 e. The van der Waals surface area contributed by atoms with Crippen LogP contribution in [0.5, 0.6) is 0 Å². The van der Waals surface area contributed by atoms with Gasteiger partial charge in [0.15, 0.2) is 0 Å². The summed E-state index contributed by atoms with van der Waals surface area (Å²) in [6, 6.07) is 5.17. The SMILES string of the molecule is Cc1cc(-c2noc(-c3c(C)cc(C)c(C)c3F)n2)cc(C(=O)O)c1C. The third kappa shape index (κ3) is 2.87. The fraction of sp³-hybridized carbons (Fsp3) is 0.250. The van der Waals surface area contributed by atoms with E-state index in [4.69, 9.17) is 4.52 Å². The van der Waals surface area contributed by atoms with E-state index in [0.717, 1.165) is 11.1 Å². The predicted octanol–water partition coefficient (Wildman–Crippen LogP) is 4.78. The summed E-state index contributed by atoms with van der Waals surface area (Å²) in [6.45, 7) is 8.90. The Labute approximate surface area is 150 Å². The highest BCUT2D eigenvalue weighted by atomic mass is 19.1. The Morgan fingerprint density at radius 1 is 1.00 bits per heavy atom. The number of benzene rings is 2. The maximum atomic E-state index is 14.7. The standard InChI is InChI=1S/C20H19FN2O3/c1-9-6-11(3)16(17(21)13(9)5)19-22-18(23-26-19)14-7-10(2)12(4)15(8-14)20(24)25/h6-8H,1-5H3,(H,24,25). The molecule has 0 amide bonds. The van der Waals surface area contributed by atoms with Gasteiger partial charge in [-0.1, -0.05) is 11.2 Å². The second kappa shape index (κ2) is 6.37. The number of hydrogen-bond donors (Lipinski definition) is 1. The van der Waals surface area contributed by atoms with Crippen LogP contribution in [0.1, 0.15) is 38.2 Å². The van der Waals surface area contributed by atoms with Crippen molar-refractivity contribution >= 4 is 5.97 Å². The van der Waals surface area contributed by atoms with Gasteiger partial charge in [0.1, 0.15) is 5.82 Å². The van der Waals surface area contributed by atoms with Gasteiger partial charge in [-0.3, -0.25) is 0 Å². The number of rotatable bonds is 3. The lowest BCUT2D eigenvalue weighted by molar-refractivity contribution is 0.0696. The van der Waals surface area contributed by atoms with Gasteiger partial charge < -0.3 is 9.63 Å².